The molecule has 0 bridgehead atoms. The van der Waals surface area contributed by atoms with Crippen LogP contribution in [-0.2, 0) is 22.4 Å². The van der Waals surface area contributed by atoms with Crippen LogP contribution in [0.5, 0.6) is 5.75 Å². The summed E-state index contributed by atoms with van der Waals surface area (Å²) in [5.41, 5.74) is 5.49. The van der Waals surface area contributed by atoms with Gasteiger partial charge in [0.05, 0.1) is 30.8 Å². The van der Waals surface area contributed by atoms with E-state index in [1.54, 1.807) is 6.07 Å². The van der Waals surface area contributed by atoms with Gasteiger partial charge in [0.2, 0.25) is 0 Å². The summed E-state index contributed by atoms with van der Waals surface area (Å²) in [6.07, 6.45) is -1.09. The number of benzene rings is 2. The van der Waals surface area contributed by atoms with Crippen molar-refractivity contribution in [2.75, 3.05) is 7.11 Å². The molecule has 9 nitrogen and oxygen atoms in total. The van der Waals surface area contributed by atoms with E-state index in [0.717, 1.165) is 50.7 Å². The zero-order valence-corrected chi connectivity index (χ0v) is 21.9. The first-order chi connectivity index (χ1) is 18.4. The second-order valence-electron chi connectivity index (χ2n) is 10.5. The highest BCUT2D eigenvalue weighted by atomic mass is 19.1. The average Bonchev–Trinajstić information content (AvgIpc) is 3.23. The molecule has 2 atom stereocenters. The number of H-pyrrole nitrogens is 1. The zero-order valence-electron chi connectivity index (χ0n) is 21.9. The number of ether oxygens (including phenoxy) is 1. The van der Waals surface area contributed by atoms with Crippen molar-refractivity contribution in [1.82, 2.24) is 9.97 Å². The molecule has 0 saturated carbocycles. The number of aliphatic hydroxyl groups is 2. The number of aliphatic carboxylic acids is 2. The standard InChI is InChI=1S/C25H25FN2O2.C4H6O5/c1-25(2)12-19-23(20(29)13-25)22-15-6-4-5-7-17(15)28-24(22)18(27-19)11-14-8-9-21(30-3)16(26)10-14;5-2(4(8)9)1-3(6)7/h4-10,20,28-29H,11-13H2,1-3H3;2,5H,1H2,(H,6,7)(H,8,9)/t20-;/m1./s1. The number of aromatic amines is 1. The number of para-hydroxylation sites is 1. The molecule has 0 saturated heterocycles. The number of hydrogen-bond donors (Lipinski definition) is 5. The number of halogens is 1. The number of methoxy groups -OCH3 is 1. The van der Waals surface area contributed by atoms with E-state index < -0.39 is 30.6 Å². The molecule has 1 aliphatic carbocycles. The molecule has 4 aromatic rings. The molecule has 0 aliphatic heterocycles. The number of hydrogen-bond acceptors (Lipinski definition) is 6. The van der Waals surface area contributed by atoms with Crippen molar-refractivity contribution >= 4 is 33.7 Å². The number of nitrogens with one attached hydrogen (secondary N) is 1. The van der Waals surface area contributed by atoms with Gasteiger partial charge in [-0.2, -0.15) is 0 Å². The number of pyridine rings is 1. The summed E-state index contributed by atoms with van der Waals surface area (Å²) in [5.74, 6) is -2.99. The van der Waals surface area contributed by atoms with Crippen LogP contribution in [0.2, 0.25) is 0 Å². The Balaban J connectivity index is 0.000000340. The lowest BCUT2D eigenvalue weighted by Crippen LogP contribution is -2.27. The van der Waals surface area contributed by atoms with E-state index in [9.17, 15) is 19.1 Å². The fourth-order valence-corrected chi connectivity index (χ4v) is 5.10. The first-order valence-corrected chi connectivity index (χ1v) is 12.5. The van der Waals surface area contributed by atoms with E-state index in [1.807, 2.05) is 24.3 Å². The lowest BCUT2D eigenvalue weighted by atomic mass is 9.74. The SMILES string of the molecule is COc1ccc(Cc2nc3c(c4c2[nH]c2ccccc24)[C@H](O)CC(C)(C)C3)cc1F.O=C(O)CC(O)C(=O)O. The van der Waals surface area contributed by atoms with Crippen molar-refractivity contribution in [2.45, 2.75) is 51.7 Å². The van der Waals surface area contributed by atoms with Crippen LogP contribution in [0.3, 0.4) is 0 Å². The van der Waals surface area contributed by atoms with E-state index in [0.29, 0.717) is 12.8 Å². The number of aromatic nitrogens is 2. The van der Waals surface area contributed by atoms with E-state index in [2.05, 4.69) is 24.9 Å². The average molecular weight is 539 g/mol. The van der Waals surface area contributed by atoms with Crippen molar-refractivity contribution < 1.29 is 39.1 Å². The molecule has 5 rings (SSSR count). The van der Waals surface area contributed by atoms with Crippen molar-refractivity contribution in [3.8, 4) is 5.75 Å². The molecule has 39 heavy (non-hydrogen) atoms. The molecule has 2 aromatic heterocycles. The molecule has 1 aliphatic rings. The van der Waals surface area contributed by atoms with Crippen LogP contribution in [0, 0.1) is 11.2 Å². The third-order valence-electron chi connectivity index (χ3n) is 6.81. The van der Waals surface area contributed by atoms with Gasteiger partial charge in [0.25, 0.3) is 0 Å². The van der Waals surface area contributed by atoms with Gasteiger partial charge in [0.1, 0.15) is 0 Å². The summed E-state index contributed by atoms with van der Waals surface area (Å²) in [4.78, 5) is 27.9. The highest BCUT2D eigenvalue weighted by Crippen LogP contribution is 2.45. The highest BCUT2D eigenvalue weighted by Gasteiger charge is 2.35. The van der Waals surface area contributed by atoms with Crippen LogP contribution in [0.15, 0.2) is 42.5 Å². The smallest absolute Gasteiger partial charge is 0.333 e. The van der Waals surface area contributed by atoms with Crippen LogP contribution in [-0.4, -0.2) is 55.5 Å². The maximum atomic E-state index is 14.3. The number of rotatable bonds is 6. The normalized spacial score (nSPS) is 16.7. The second kappa shape index (κ2) is 11.0. The minimum absolute atomic E-state index is 0.0251. The fraction of sp³-hybridized carbons (Fsp3) is 0.345. The van der Waals surface area contributed by atoms with Gasteiger partial charge in [0, 0.05) is 34.0 Å². The van der Waals surface area contributed by atoms with Crippen molar-refractivity contribution in [3.63, 3.8) is 0 Å². The summed E-state index contributed by atoms with van der Waals surface area (Å²) in [7, 11) is 1.46. The van der Waals surface area contributed by atoms with Crippen LogP contribution >= 0.6 is 0 Å². The van der Waals surface area contributed by atoms with Gasteiger partial charge in [-0.15, -0.1) is 0 Å². The van der Waals surface area contributed by atoms with Gasteiger partial charge in [-0.25, -0.2) is 9.18 Å². The molecule has 0 fully saturated rings. The molecule has 0 radical (unpaired) electrons. The number of carboxylic acid groups (broad SMARTS) is 2. The van der Waals surface area contributed by atoms with Crippen molar-refractivity contribution in [3.05, 3.63) is 70.8 Å². The number of nitrogens with zero attached hydrogens (tertiary/aromatic N) is 1. The van der Waals surface area contributed by atoms with Crippen molar-refractivity contribution in [1.29, 1.82) is 0 Å². The van der Waals surface area contributed by atoms with E-state index >= 15 is 0 Å². The highest BCUT2D eigenvalue weighted by molar-refractivity contribution is 6.10. The quantitative estimate of drug-likeness (QED) is 0.243. The fourth-order valence-electron chi connectivity index (χ4n) is 5.10. The molecule has 0 amide bonds. The number of aliphatic hydroxyl groups excluding tert-OH is 2. The summed E-state index contributed by atoms with van der Waals surface area (Å²) in [5, 5.41) is 37.3. The number of carboxylic acids is 2. The zero-order chi connectivity index (χ0) is 28.5. The Kier molecular flexibility index (Phi) is 7.89. The number of carbonyl (C=O) groups is 2. The van der Waals surface area contributed by atoms with E-state index in [-0.39, 0.29) is 17.0 Å². The van der Waals surface area contributed by atoms with Crippen LogP contribution in [0.25, 0.3) is 21.8 Å². The molecule has 1 unspecified atom stereocenters. The Morgan fingerprint density at radius 2 is 1.92 bits per heavy atom. The third kappa shape index (κ3) is 6.02. The molecule has 10 heteroatoms. The first-order valence-electron chi connectivity index (χ1n) is 12.5. The molecule has 206 valence electrons. The van der Waals surface area contributed by atoms with Crippen LogP contribution < -0.4 is 4.74 Å². The molecular formula is C29H31FN2O7. The number of fused-ring (bicyclic) bond motifs is 5. The van der Waals surface area contributed by atoms with Gasteiger partial charge in [-0.05, 0) is 42.0 Å². The van der Waals surface area contributed by atoms with E-state index in [1.165, 1.54) is 13.2 Å². The summed E-state index contributed by atoms with van der Waals surface area (Å²) in [6.45, 7) is 4.33. The van der Waals surface area contributed by atoms with Crippen molar-refractivity contribution in [2.24, 2.45) is 5.41 Å². The van der Waals surface area contributed by atoms with Gasteiger partial charge < -0.3 is 30.1 Å². The Bertz CT molecular complexity index is 1550. The maximum absolute atomic E-state index is 14.3. The Labute approximate surface area is 223 Å². The predicted octanol–water partition coefficient (Wildman–Crippen LogP) is 4.37. The molecule has 0 spiro atoms. The monoisotopic (exact) mass is 538 g/mol. The maximum Gasteiger partial charge on any atom is 0.333 e. The molecule has 5 N–H and O–H groups in total. The summed E-state index contributed by atoms with van der Waals surface area (Å²) >= 11 is 0. The minimum Gasteiger partial charge on any atom is -0.494 e. The lowest BCUT2D eigenvalue weighted by molar-refractivity contribution is -0.152. The first kappa shape index (κ1) is 28.0. The van der Waals surface area contributed by atoms with Gasteiger partial charge in [0.15, 0.2) is 17.7 Å². The lowest BCUT2D eigenvalue weighted by Gasteiger charge is -2.34. The molecule has 2 aromatic carbocycles. The largest absolute Gasteiger partial charge is 0.494 e. The minimum atomic E-state index is -1.79. The predicted molar refractivity (Wildman–Crippen MR) is 142 cm³/mol. The van der Waals surface area contributed by atoms with Crippen LogP contribution in [0.1, 0.15) is 55.3 Å². The van der Waals surface area contributed by atoms with Crippen LogP contribution in [0.4, 0.5) is 4.39 Å². The topological polar surface area (TPSA) is 153 Å². The molecular weight excluding hydrogens is 507 g/mol. The second-order valence-corrected chi connectivity index (χ2v) is 10.5. The van der Waals surface area contributed by atoms with E-state index in [4.69, 9.17) is 25.0 Å². The Morgan fingerprint density at radius 3 is 2.54 bits per heavy atom. The molecule has 2 heterocycles. The summed E-state index contributed by atoms with van der Waals surface area (Å²) in [6, 6.07) is 13.2. The van der Waals surface area contributed by atoms with Gasteiger partial charge in [-0.1, -0.05) is 38.1 Å². The Hall–Kier alpha value is -4.02. The van der Waals surface area contributed by atoms with Gasteiger partial charge >= 0.3 is 11.9 Å². The van der Waals surface area contributed by atoms with Gasteiger partial charge in [-0.3, -0.25) is 9.78 Å². The summed E-state index contributed by atoms with van der Waals surface area (Å²) < 4.78 is 19.3. The Morgan fingerprint density at radius 1 is 1.21 bits per heavy atom. The third-order valence-corrected chi connectivity index (χ3v) is 6.81.